The fourth-order valence-corrected chi connectivity index (χ4v) is 1.03. The van der Waals surface area contributed by atoms with E-state index in [9.17, 15) is 4.39 Å². The molecule has 0 saturated carbocycles. The molecule has 1 atom stereocenters. The first-order valence-electron chi connectivity index (χ1n) is 2.56. The summed E-state index contributed by atoms with van der Waals surface area (Å²) in [6.45, 7) is 1.79. The van der Waals surface area contributed by atoms with Crippen LogP contribution in [0, 0.1) is 0 Å². The SMILES string of the molecule is CCC(F)C[SiH2]O. The first kappa shape index (κ1) is 7.11. The van der Waals surface area contributed by atoms with Gasteiger partial charge in [0.05, 0.1) is 6.17 Å². The number of halogens is 1. The highest BCUT2D eigenvalue weighted by Crippen LogP contribution is 1.99. The highest BCUT2D eigenvalue weighted by molar-refractivity contribution is 6.25. The fourth-order valence-electron chi connectivity index (χ4n) is 0.344. The van der Waals surface area contributed by atoms with E-state index in [2.05, 4.69) is 0 Å². The molecular weight excluding hydrogens is 111 g/mol. The molecule has 44 valence electrons. The average Bonchev–Trinajstić information content (AvgIpc) is 1.68. The van der Waals surface area contributed by atoms with Gasteiger partial charge in [0.15, 0.2) is 9.76 Å². The van der Waals surface area contributed by atoms with Crippen molar-refractivity contribution >= 4 is 9.76 Å². The van der Waals surface area contributed by atoms with Gasteiger partial charge in [-0.15, -0.1) is 0 Å². The van der Waals surface area contributed by atoms with Crippen molar-refractivity contribution < 1.29 is 9.19 Å². The highest BCUT2D eigenvalue weighted by Gasteiger charge is 1.99. The third-order valence-corrected chi connectivity index (χ3v) is 1.77. The van der Waals surface area contributed by atoms with Crippen LogP contribution in [0.15, 0.2) is 0 Å². The van der Waals surface area contributed by atoms with Crippen LogP contribution in [0.4, 0.5) is 4.39 Å². The molecule has 0 heterocycles. The van der Waals surface area contributed by atoms with E-state index in [1.165, 1.54) is 0 Å². The predicted octanol–water partition coefficient (Wildman–Crippen LogP) is 0.229. The van der Waals surface area contributed by atoms with Crippen molar-refractivity contribution in [1.29, 1.82) is 0 Å². The van der Waals surface area contributed by atoms with Crippen LogP contribution in [-0.2, 0) is 0 Å². The van der Waals surface area contributed by atoms with Crippen molar-refractivity contribution in [3.05, 3.63) is 0 Å². The van der Waals surface area contributed by atoms with Crippen LogP contribution in [0.2, 0.25) is 6.04 Å². The van der Waals surface area contributed by atoms with Crippen molar-refractivity contribution in [2.24, 2.45) is 0 Å². The van der Waals surface area contributed by atoms with Gasteiger partial charge in [0.25, 0.3) is 0 Å². The normalized spacial score (nSPS) is 15.9. The van der Waals surface area contributed by atoms with Gasteiger partial charge in [-0.05, 0) is 12.5 Å². The molecule has 0 aliphatic carbocycles. The van der Waals surface area contributed by atoms with Crippen LogP contribution in [0.5, 0.6) is 0 Å². The van der Waals surface area contributed by atoms with Gasteiger partial charge >= 0.3 is 0 Å². The molecule has 0 aliphatic heterocycles. The first-order chi connectivity index (χ1) is 3.31. The molecule has 1 N–H and O–H groups in total. The van der Waals surface area contributed by atoms with Gasteiger partial charge < -0.3 is 4.80 Å². The molecule has 1 unspecified atom stereocenters. The molecule has 1 nitrogen and oxygen atoms in total. The summed E-state index contributed by atoms with van der Waals surface area (Å²) >= 11 is 0. The van der Waals surface area contributed by atoms with E-state index >= 15 is 0 Å². The van der Waals surface area contributed by atoms with Crippen LogP contribution in [-0.4, -0.2) is 20.7 Å². The van der Waals surface area contributed by atoms with Gasteiger partial charge in [-0.2, -0.15) is 0 Å². The Kier molecular flexibility index (Phi) is 4.34. The first-order valence-corrected chi connectivity index (χ1v) is 4.19. The third kappa shape index (κ3) is 3.95. The number of alkyl halides is 1. The van der Waals surface area contributed by atoms with E-state index in [0.717, 1.165) is 0 Å². The Labute approximate surface area is 45.5 Å². The molecule has 0 amide bonds. The molecule has 3 heteroatoms. The van der Waals surface area contributed by atoms with Gasteiger partial charge in [-0.3, -0.25) is 0 Å². The molecule has 0 aliphatic rings. The smallest absolute Gasteiger partial charge is 0.159 e. The molecule has 0 spiro atoms. The van der Waals surface area contributed by atoms with Crippen molar-refractivity contribution in [1.82, 2.24) is 0 Å². The van der Waals surface area contributed by atoms with Gasteiger partial charge in [0.1, 0.15) is 0 Å². The minimum absolute atomic E-state index is 0.427. The average molecular weight is 122 g/mol. The summed E-state index contributed by atoms with van der Waals surface area (Å²) in [6.07, 6.45) is -0.190. The van der Waals surface area contributed by atoms with Crippen LogP contribution >= 0.6 is 0 Å². The lowest BCUT2D eigenvalue weighted by atomic mass is 10.3. The summed E-state index contributed by atoms with van der Waals surface area (Å²) in [7, 11) is -1.02. The van der Waals surface area contributed by atoms with E-state index < -0.39 is 15.9 Å². The monoisotopic (exact) mass is 122 g/mol. The molecule has 7 heavy (non-hydrogen) atoms. The molecule has 0 saturated heterocycles. The van der Waals surface area contributed by atoms with Crippen molar-refractivity contribution in [2.45, 2.75) is 25.6 Å². The Balaban J connectivity index is 2.83. The third-order valence-electron chi connectivity index (χ3n) is 0.885. The second-order valence-electron chi connectivity index (χ2n) is 1.52. The maximum Gasteiger partial charge on any atom is 0.159 e. The maximum atomic E-state index is 12.0. The minimum atomic E-state index is -1.02. The van der Waals surface area contributed by atoms with Crippen LogP contribution < -0.4 is 0 Å². The Morgan fingerprint density at radius 3 is 2.57 bits per heavy atom. The lowest BCUT2D eigenvalue weighted by Crippen LogP contribution is -2.00. The minimum Gasteiger partial charge on any atom is -0.438 e. The fraction of sp³-hybridized carbons (Fsp3) is 1.00. The summed E-state index contributed by atoms with van der Waals surface area (Å²) in [5, 5.41) is 0. The second-order valence-corrected chi connectivity index (χ2v) is 2.54. The summed E-state index contributed by atoms with van der Waals surface area (Å²) in [4.78, 5) is 8.27. The Bertz CT molecular complexity index is 42.7. The van der Waals surface area contributed by atoms with Crippen molar-refractivity contribution in [3.8, 4) is 0 Å². The largest absolute Gasteiger partial charge is 0.438 e. The summed E-state index contributed by atoms with van der Waals surface area (Å²) in [5.74, 6) is 0. The molecule has 0 aromatic heterocycles. The molecule has 0 aromatic carbocycles. The Hall–Kier alpha value is 0.107. The summed E-state index contributed by atoms with van der Waals surface area (Å²) in [5.41, 5.74) is 0. The lowest BCUT2D eigenvalue weighted by Gasteiger charge is -1.97. The zero-order valence-corrected chi connectivity index (χ0v) is 5.94. The predicted molar refractivity (Wildman–Crippen MR) is 30.8 cm³/mol. The van der Waals surface area contributed by atoms with Gasteiger partial charge in [-0.25, -0.2) is 4.39 Å². The number of hydrogen-bond donors (Lipinski definition) is 1. The van der Waals surface area contributed by atoms with Crippen molar-refractivity contribution in [2.75, 3.05) is 0 Å². The second kappa shape index (κ2) is 4.27. The summed E-state index contributed by atoms with van der Waals surface area (Å²) < 4.78 is 12.0. The molecule has 0 rings (SSSR count). The quantitative estimate of drug-likeness (QED) is 0.531. The topological polar surface area (TPSA) is 20.2 Å². The molecule has 0 bridgehead atoms. The zero-order valence-electron chi connectivity index (χ0n) is 4.52. The van der Waals surface area contributed by atoms with E-state index in [1.54, 1.807) is 6.92 Å². The van der Waals surface area contributed by atoms with Gasteiger partial charge in [-0.1, -0.05) is 6.92 Å². The lowest BCUT2D eigenvalue weighted by molar-refractivity contribution is 0.345. The summed E-state index contributed by atoms with van der Waals surface area (Å²) in [6, 6.07) is 0.427. The van der Waals surface area contributed by atoms with Crippen LogP contribution in [0.3, 0.4) is 0 Å². The van der Waals surface area contributed by atoms with Crippen LogP contribution in [0.25, 0.3) is 0 Å². The highest BCUT2D eigenvalue weighted by atomic mass is 28.2. The molecule has 0 aromatic rings. The van der Waals surface area contributed by atoms with Gasteiger partial charge in [0.2, 0.25) is 0 Å². The van der Waals surface area contributed by atoms with E-state index in [0.29, 0.717) is 12.5 Å². The van der Waals surface area contributed by atoms with Crippen molar-refractivity contribution in [3.63, 3.8) is 0 Å². The Morgan fingerprint density at radius 2 is 2.43 bits per heavy atom. The zero-order chi connectivity index (χ0) is 5.70. The maximum absolute atomic E-state index is 12.0. The standard InChI is InChI=1S/C4H11FOSi/c1-2-4(5)3-7-6/h4,6H,2-3,7H2,1H3. The van der Waals surface area contributed by atoms with Gasteiger partial charge in [0, 0.05) is 0 Å². The van der Waals surface area contributed by atoms with E-state index in [-0.39, 0.29) is 0 Å². The van der Waals surface area contributed by atoms with Crippen LogP contribution in [0.1, 0.15) is 13.3 Å². The number of rotatable bonds is 3. The van der Waals surface area contributed by atoms with E-state index in [1.807, 2.05) is 0 Å². The number of hydrogen-bond acceptors (Lipinski definition) is 1. The molecular formula is C4H11FOSi. The van der Waals surface area contributed by atoms with E-state index in [4.69, 9.17) is 4.80 Å². The molecule has 0 fully saturated rings. The Morgan fingerprint density at radius 1 is 1.86 bits per heavy atom. The molecule has 0 radical (unpaired) electrons.